The molecule has 0 spiro atoms. The second kappa shape index (κ2) is 9.49. The van der Waals surface area contributed by atoms with E-state index in [9.17, 15) is 27.6 Å². The normalized spacial score (nSPS) is 11.0. The highest BCUT2D eigenvalue weighted by atomic mass is 35.5. The number of hydrogen-bond donors (Lipinski definition) is 2. The minimum absolute atomic E-state index is 0.0105. The van der Waals surface area contributed by atoms with Gasteiger partial charge in [-0.1, -0.05) is 23.7 Å². The largest absolute Gasteiger partial charge is 0.483 e. The zero-order valence-electron chi connectivity index (χ0n) is 15.6. The number of primary amides is 1. The third-order valence-corrected chi connectivity index (χ3v) is 4.11. The predicted molar refractivity (Wildman–Crippen MR) is 103 cm³/mol. The molecule has 0 atom stereocenters. The fraction of sp³-hybridized carbons (Fsp3) is 0.211. The molecule has 0 aliphatic carbocycles. The van der Waals surface area contributed by atoms with Crippen LogP contribution >= 0.6 is 11.6 Å². The lowest BCUT2D eigenvalue weighted by Gasteiger charge is -2.19. The van der Waals surface area contributed by atoms with Gasteiger partial charge in [-0.25, -0.2) is 0 Å². The lowest BCUT2D eigenvalue weighted by atomic mass is 10.1. The maximum Gasteiger partial charge on any atom is 0.418 e. The molecule has 2 rings (SSSR count). The van der Waals surface area contributed by atoms with Crippen molar-refractivity contribution in [3.05, 3.63) is 58.6 Å². The van der Waals surface area contributed by atoms with Crippen LogP contribution in [0.3, 0.4) is 0 Å². The molecule has 0 aliphatic rings. The number of carbonyl (C=O) groups is 3. The molecule has 0 aromatic heterocycles. The van der Waals surface area contributed by atoms with E-state index in [1.807, 2.05) is 0 Å². The molecular formula is C19H17ClF3N3O4. The van der Waals surface area contributed by atoms with Crippen LogP contribution in [0.1, 0.15) is 15.9 Å². The topological polar surface area (TPSA) is 102 Å². The van der Waals surface area contributed by atoms with Crippen molar-refractivity contribution in [1.82, 2.24) is 4.90 Å². The van der Waals surface area contributed by atoms with Crippen molar-refractivity contribution < 1.29 is 32.3 Å². The Morgan fingerprint density at radius 3 is 2.47 bits per heavy atom. The van der Waals surface area contributed by atoms with Crippen molar-refractivity contribution in [1.29, 1.82) is 0 Å². The molecule has 160 valence electrons. The van der Waals surface area contributed by atoms with Crippen molar-refractivity contribution >= 4 is 35.0 Å². The van der Waals surface area contributed by atoms with Gasteiger partial charge < -0.3 is 20.7 Å². The average Bonchev–Trinajstić information content (AvgIpc) is 2.65. The van der Waals surface area contributed by atoms with Crippen LogP contribution in [0.15, 0.2) is 42.5 Å². The van der Waals surface area contributed by atoms with Gasteiger partial charge >= 0.3 is 6.18 Å². The molecule has 0 saturated carbocycles. The first-order valence-corrected chi connectivity index (χ1v) is 8.79. The molecule has 0 bridgehead atoms. The number of hydrogen-bond acceptors (Lipinski definition) is 4. The van der Waals surface area contributed by atoms with Gasteiger partial charge in [-0.2, -0.15) is 13.2 Å². The van der Waals surface area contributed by atoms with E-state index in [1.165, 1.54) is 37.4 Å². The third kappa shape index (κ3) is 6.11. The second-order valence-electron chi connectivity index (χ2n) is 6.13. The van der Waals surface area contributed by atoms with Crippen LogP contribution in [0.5, 0.6) is 5.75 Å². The van der Waals surface area contributed by atoms with Crippen LogP contribution in [-0.2, 0) is 15.8 Å². The minimum Gasteiger partial charge on any atom is -0.483 e. The number of nitrogens with zero attached hydrogens (tertiary/aromatic N) is 1. The summed E-state index contributed by atoms with van der Waals surface area (Å²) >= 11 is 5.83. The zero-order valence-corrected chi connectivity index (χ0v) is 16.4. The molecule has 0 saturated heterocycles. The number of carbonyl (C=O) groups excluding carboxylic acids is 3. The molecule has 0 heterocycles. The smallest absolute Gasteiger partial charge is 0.418 e. The molecule has 2 aromatic rings. The number of para-hydroxylation sites is 1. The molecule has 7 nitrogen and oxygen atoms in total. The highest BCUT2D eigenvalue weighted by Crippen LogP contribution is 2.34. The summed E-state index contributed by atoms with van der Waals surface area (Å²) in [5.41, 5.74) is 3.81. The van der Waals surface area contributed by atoms with Gasteiger partial charge in [0.05, 0.1) is 23.4 Å². The molecule has 0 fully saturated rings. The fourth-order valence-electron chi connectivity index (χ4n) is 2.40. The Kier molecular flexibility index (Phi) is 7.28. The van der Waals surface area contributed by atoms with Gasteiger partial charge in [0, 0.05) is 12.1 Å². The van der Waals surface area contributed by atoms with Gasteiger partial charge in [0.2, 0.25) is 5.91 Å². The van der Waals surface area contributed by atoms with Crippen LogP contribution < -0.4 is 15.8 Å². The summed E-state index contributed by atoms with van der Waals surface area (Å²) in [6.45, 7) is -1.07. The van der Waals surface area contributed by atoms with Gasteiger partial charge in [-0.15, -0.1) is 0 Å². The molecule has 2 aromatic carbocycles. The summed E-state index contributed by atoms with van der Waals surface area (Å²) in [6, 6.07) is 8.54. The highest BCUT2D eigenvalue weighted by Gasteiger charge is 2.33. The monoisotopic (exact) mass is 443 g/mol. The molecule has 3 N–H and O–H groups in total. The molecule has 0 unspecified atom stereocenters. The summed E-state index contributed by atoms with van der Waals surface area (Å²) in [5.74, 6) is -2.29. The number of benzene rings is 2. The van der Waals surface area contributed by atoms with E-state index in [0.29, 0.717) is 0 Å². The summed E-state index contributed by atoms with van der Waals surface area (Å²) in [5, 5.41) is 2.38. The summed E-state index contributed by atoms with van der Waals surface area (Å²) < 4.78 is 44.3. The van der Waals surface area contributed by atoms with Gasteiger partial charge in [-0.3, -0.25) is 14.4 Å². The molecule has 11 heteroatoms. The van der Waals surface area contributed by atoms with E-state index < -0.39 is 48.3 Å². The number of nitrogens with one attached hydrogen (secondary N) is 1. The highest BCUT2D eigenvalue weighted by molar-refractivity contribution is 6.30. The van der Waals surface area contributed by atoms with Crippen LogP contribution in [0.25, 0.3) is 0 Å². The standard InChI is InChI=1S/C19H17ClF3N3O4/c1-26(9-16(27)25-14-5-3-2-4-13(14)19(21,22)23)17(28)10-30-15-8-11(20)6-7-12(15)18(24)29/h2-8H,9-10H2,1H3,(H2,24,29)(H,25,27). The quantitative estimate of drug-likeness (QED) is 0.687. The van der Waals surface area contributed by atoms with Crippen LogP contribution in [0, 0.1) is 0 Å². The maximum atomic E-state index is 13.0. The fourth-order valence-corrected chi connectivity index (χ4v) is 2.56. The van der Waals surface area contributed by atoms with Crippen LogP contribution in [0.2, 0.25) is 5.02 Å². The molecule has 0 radical (unpaired) electrons. The van der Waals surface area contributed by atoms with Crippen LogP contribution in [0.4, 0.5) is 18.9 Å². The van der Waals surface area contributed by atoms with Crippen molar-refractivity contribution in [2.45, 2.75) is 6.18 Å². The number of halogens is 4. The Morgan fingerprint density at radius 2 is 1.83 bits per heavy atom. The van der Waals surface area contributed by atoms with Crippen molar-refractivity contribution in [3.63, 3.8) is 0 Å². The number of ether oxygens (including phenoxy) is 1. The van der Waals surface area contributed by atoms with Gasteiger partial charge in [0.25, 0.3) is 11.8 Å². The Bertz CT molecular complexity index is 966. The van der Waals surface area contributed by atoms with Crippen molar-refractivity contribution in [2.24, 2.45) is 5.73 Å². The van der Waals surface area contributed by atoms with E-state index in [0.717, 1.165) is 17.0 Å². The Labute approximate surface area is 174 Å². The first-order chi connectivity index (χ1) is 14.0. The van der Waals surface area contributed by atoms with Crippen molar-refractivity contribution in [2.75, 3.05) is 25.5 Å². The minimum atomic E-state index is -4.64. The zero-order chi connectivity index (χ0) is 22.5. The molecular weight excluding hydrogens is 427 g/mol. The Balaban J connectivity index is 1.98. The summed E-state index contributed by atoms with van der Waals surface area (Å²) in [4.78, 5) is 36.6. The predicted octanol–water partition coefficient (Wildman–Crippen LogP) is 2.93. The first-order valence-electron chi connectivity index (χ1n) is 8.41. The Hall–Kier alpha value is -3.27. The maximum absolute atomic E-state index is 13.0. The van der Waals surface area contributed by atoms with E-state index in [4.69, 9.17) is 22.1 Å². The number of alkyl halides is 3. The van der Waals surface area contributed by atoms with E-state index in [2.05, 4.69) is 5.32 Å². The number of likely N-dealkylation sites (N-methyl/N-ethyl adjacent to an activating group) is 1. The summed E-state index contributed by atoms with van der Waals surface area (Å²) in [7, 11) is 1.27. The van der Waals surface area contributed by atoms with E-state index >= 15 is 0 Å². The van der Waals surface area contributed by atoms with E-state index in [-0.39, 0.29) is 16.3 Å². The molecule has 0 aliphatic heterocycles. The van der Waals surface area contributed by atoms with E-state index in [1.54, 1.807) is 0 Å². The van der Waals surface area contributed by atoms with Gasteiger partial charge in [0.15, 0.2) is 6.61 Å². The van der Waals surface area contributed by atoms with Crippen LogP contribution in [-0.4, -0.2) is 42.8 Å². The number of rotatable bonds is 7. The number of nitrogens with two attached hydrogens (primary N) is 1. The summed E-state index contributed by atoms with van der Waals surface area (Å²) in [6.07, 6.45) is -4.64. The molecule has 3 amide bonds. The van der Waals surface area contributed by atoms with Crippen molar-refractivity contribution in [3.8, 4) is 5.75 Å². The average molecular weight is 444 g/mol. The number of anilines is 1. The lowest BCUT2D eigenvalue weighted by molar-refractivity contribution is -0.137. The molecule has 30 heavy (non-hydrogen) atoms. The van der Waals surface area contributed by atoms with Gasteiger partial charge in [0.1, 0.15) is 5.75 Å². The second-order valence-corrected chi connectivity index (χ2v) is 6.57. The SMILES string of the molecule is CN(CC(=O)Nc1ccccc1C(F)(F)F)C(=O)COc1cc(Cl)ccc1C(N)=O. The first kappa shape index (κ1) is 23.0. The third-order valence-electron chi connectivity index (χ3n) is 3.87. The Morgan fingerprint density at radius 1 is 1.17 bits per heavy atom. The number of amides is 3. The van der Waals surface area contributed by atoms with Gasteiger partial charge in [-0.05, 0) is 30.3 Å². The lowest BCUT2D eigenvalue weighted by Crippen LogP contribution is -2.38.